The number of Topliss-reactive ketones (excluding diaryl/α,β-unsaturated/α-hetero) is 1. The highest BCUT2D eigenvalue weighted by molar-refractivity contribution is 6.40. The van der Waals surface area contributed by atoms with Crippen LogP contribution in [0.5, 0.6) is 0 Å². The van der Waals surface area contributed by atoms with Gasteiger partial charge in [-0.05, 0) is 49.7 Å². The Morgan fingerprint density at radius 1 is 1.18 bits per heavy atom. The maximum Gasteiger partial charge on any atom is 0.522 e. The molecule has 1 saturated carbocycles. The van der Waals surface area contributed by atoms with E-state index in [0.29, 0.717) is 25.8 Å². The number of alkyl halides is 3. The Morgan fingerprint density at radius 3 is 2.51 bits per heavy atom. The van der Waals surface area contributed by atoms with Gasteiger partial charge in [-0.3, -0.25) is 28.7 Å². The Morgan fingerprint density at radius 2 is 1.90 bits per heavy atom. The third-order valence-electron chi connectivity index (χ3n) is 7.19. The van der Waals surface area contributed by atoms with Crippen molar-refractivity contribution in [2.75, 3.05) is 25.0 Å². The maximum absolute atomic E-state index is 14.0. The van der Waals surface area contributed by atoms with Crippen molar-refractivity contribution in [3.8, 4) is 0 Å². The van der Waals surface area contributed by atoms with Crippen molar-refractivity contribution in [3.05, 3.63) is 29.8 Å². The van der Waals surface area contributed by atoms with Gasteiger partial charge in [-0.2, -0.15) is 0 Å². The van der Waals surface area contributed by atoms with E-state index < -0.39 is 83.1 Å². The van der Waals surface area contributed by atoms with Crippen LogP contribution >= 0.6 is 0 Å². The first kappa shape index (κ1) is 28.4. The van der Waals surface area contributed by atoms with Crippen LogP contribution in [0.25, 0.3) is 0 Å². The summed E-state index contributed by atoms with van der Waals surface area (Å²) in [5.74, 6) is -8.37. The van der Waals surface area contributed by atoms with Gasteiger partial charge in [0, 0.05) is 19.0 Å². The summed E-state index contributed by atoms with van der Waals surface area (Å²) < 4.78 is 68.6. The second-order valence-electron chi connectivity index (χ2n) is 9.98. The Kier molecular flexibility index (Phi) is 7.91. The molecule has 39 heavy (non-hydrogen) atoms. The minimum absolute atomic E-state index is 0.00377. The van der Waals surface area contributed by atoms with Crippen molar-refractivity contribution in [2.45, 2.75) is 50.6 Å². The fraction of sp³-hybridized carbons (Fsp3) is 0.542. The molecule has 4 rings (SSSR count). The molecule has 3 fully saturated rings. The Labute approximate surface area is 218 Å². The van der Waals surface area contributed by atoms with Gasteiger partial charge in [-0.15, -0.1) is 13.2 Å². The molecule has 1 aliphatic carbocycles. The van der Waals surface area contributed by atoms with Gasteiger partial charge in [0.1, 0.15) is 12.6 Å². The van der Waals surface area contributed by atoms with Gasteiger partial charge in [-0.1, -0.05) is 6.07 Å². The molecule has 0 radical (unpaired) electrons. The third-order valence-corrected chi connectivity index (χ3v) is 7.19. The van der Waals surface area contributed by atoms with E-state index in [-0.39, 0.29) is 19.4 Å². The van der Waals surface area contributed by atoms with Crippen molar-refractivity contribution >= 4 is 35.1 Å². The largest absolute Gasteiger partial charge is 0.522 e. The van der Waals surface area contributed by atoms with Gasteiger partial charge in [0.05, 0.1) is 11.7 Å². The smallest absolute Gasteiger partial charge is 0.356 e. The summed E-state index contributed by atoms with van der Waals surface area (Å²) in [5, 5.41) is 6.86. The van der Waals surface area contributed by atoms with E-state index in [4.69, 9.17) is 0 Å². The zero-order valence-electron chi connectivity index (χ0n) is 20.4. The molecule has 2 heterocycles. The number of benzene rings is 1. The van der Waals surface area contributed by atoms with Gasteiger partial charge in [-0.25, -0.2) is 8.78 Å². The summed E-state index contributed by atoms with van der Waals surface area (Å²) >= 11 is 0. The quantitative estimate of drug-likeness (QED) is 0.325. The molecule has 3 aliphatic rings. The van der Waals surface area contributed by atoms with Crippen LogP contribution < -0.4 is 16.0 Å². The van der Waals surface area contributed by atoms with Crippen LogP contribution in [0.4, 0.5) is 27.6 Å². The monoisotopic (exact) mass is 560 g/mol. The number of nitrogens with zero attached hydrogens (tertiary/aromatic N) is 1. The molecule has 1 aromatic rings. The first-order valence-corrected chi connectivity index (χ1v) is 12.2. The Bertz CT molecular complexity index is 1190. The molecule has 2 aliphatic heterocycles. The number of anilines is 1. The second kappa shape index (κ2) is 10.9. The van der Waals surface area contributed by atoms with Gasteiger partial charge < -0.3 is 20.9 Å². The van der Waals surface area contributed by atoms with Crippen LogP contribution in [-0.4, -0.2) is 72.5 Å². The molecule has 1 aromatic carbocycles. The van der Waals surface area contributed by atoms with Crippen LogP contribution in [0.3, 0.4) is 0 Å². The lowest BCUT2D eigenvalue weighted by Gasteiger charge is -2.26. The number of carbonyl (C=O) groups excluding carboxylic acids is 5. The molecule has 0 aromatic heterocycles. The summed E-state index contributed by atoms with van der Waals surface area (Å²) in [6.07, 6.45) is -3.68. The summed E-state index contributed by atoms with van der Waals surface area (Å²) in [4.78, 5) is 64.4. The average molecular weight is 560 g/mol. The summed E-state index contributed by atoms with van der Waals surface area (Å²) in [5.41, 5.74) is -1.04. The van der Waals surface area contributed by atoms with E-state index in [1.807, 2.05) is 5.32 Å². The predicted octanol–water partition coefficient (Wildman–Crippen LogP) is 1.40. The average Bonchev–Trinajstić information content (AvgIpc) is 3.33. The zero-order chi connectivity index (χ0) is 28.5. The van der Waals surface area contributed by atoms with Crippen LogP contribution in [0.15, 0.2) is 18.2 Å². The minimum Gasteiger partial charge on any atom is -0.356 e. The summed E-state index contributed by atoms with van der Waals surface area (Å²) in [6, 6.07) is 0.181. The van der Waals surface area contributed by atoms with E-state index in [9.17, 15) is 45.9 Å². The van der Waals surface area contributed by atoms with E-state index in [2.05, 4.69) is 15.4 Å². The van der Waals surface area contributed by atoms with Crippen LogP contribution in [0, 0.1) is 23.0 Å². The van der Waals surface area contributed by atoms with Gasteiger partial charge >= 0.3 is 18.2 Å². The SMILES string of the molecule is O=C(Nc1cccc(F)c1F)C(=O)N1CC2(CC2)C[C@H]1C(=O)N[C@@H](C[C@@H]1CCNC1=O)C(=O)COC(F)(F)F. The standard InChI is InChI=1S/C24H25F5N4O6/c25-13-2-1-3-14(18(13)26)31-21(37)22(38)33-11-23(5-6-23)9-16(33)20(36)32-15(8-12-4-7-30-19(12)35)17(34)10-39-24(27,28)29/h1-3,12,15-16H,4-11H2,(H,30,35)(H,31,37)(H,32,36)/t12-,15-,16-/m0/s1. The molecule has 2 saturated heterocycles. The molecular weight excluding hydrogens is 535 g/mol. The number of nitrogens with one attached hydrogen (secondary N) is 3. The van der Waals surface area contributed by atoms with E-state index in [1.54, 1.807) is 0 Å². The molecule has 3 atom stereocenters. The topological polar surface area (TPSA) is 134 Å². The van der Waals surface area contributed by atoms with Crippen molar-refractivity contribution in [3.63, 3.8) is 0 Å². The first-order valence-electron chi connectivity index (χ1n) is 12.2. The predicted molar refractivity (Wildman–Crippen MR) is 121 cm³/mol. The van der Waals surface area contributed by atoms with E-state index in [0.717, 1.165) is 23.1 Å². The Hall–Kier alpha value is -3.62. The summed E-state index contributed by atoms with van der Waals surface area (Å²) in [7, 11) is 0. The lowest BCUT2D eigenvalue weighted by molar-refractivity contribution is -0.321. The number of carbonyl (C=O) groups is 5. The van der Waals surface area contributed by atoms with Crippen LogP contribution in [0.1, 0.15) is 32.1 Å². The first-order chi connectivity index (χ1) is 18.3. The van der Waals surface area contributed by atoms with E-state index >= 15 is 0 Å². The molecule has 0 unspecified atom stereocenters. The highest BCUT2D eigenvalue weighted by Gasteiger charge is 2.56. The number of ether oxygens (including phenoxy) is 1. The molecule has 10 nitrogen and oxygen atoms in total. The van der Waals surface area contributed by atoms with Gasteiger partial charge in [0.25, 0.3) is 0 Å². The normalized spacial score (nSPS) is 22.4. The lowest BCUT2D eigenvalue weighted by atomic mass is 9.95. The fourth-order valence-corrected chi connectivity index (χ4v) is 4.90. The molecule has 0 bridgehead atoms. The maximum atomic E-state index is 14.0. The Balaban J connectivity index is 1.48. The van der Waals surface area contributed by atoms with Crippen molar-refractivity contribution < 1.29 is 50.7 Å². The number of ketones is 1. The molecule has 3 N–H and O–H groups in total. The molecule has 15 heteroatoms. The highest BCUT2D eigenvalue weighted by Crippen LogP contribution is 2.54. The van der Waals surface area contributed by atoms with Gasteiger partial charge in [0.2, 0.25) is 11.8 Å². The minimum atomic E-state index is -5.10. The van der Waals surface area contributed by atoms with Gasteiger partial charge in [0.15, 0.2) is 17.4 Å². The number of hydrogen-bond acceptors (Lipinski definition) is 6. The van der Waals surface area contributed by atoms with Crippen LogP contribution in [-0.2, 0) is 28.7 Å². The second-order valence-corrected chi connectivity index (χ2v) is 9.98. The van der Waals surface area contributed by atoms with Crippen molar-refractivity contribution in [2.24, 2.45) is 11.3 Å². The zero-order valence-corrected chi connectivity index (χ0v) is 20.4. The summed E-state index contributed by atoms with van der Waals surface area (Å²) in [6.45, 7) is -1.10. The van der Waals surface area contributed by atoms with E-state index in [1.165, 1.54) is 0 Å². The molecule has 1 spiro atoms. The molecule has 4 amide bonds. The van der Waals surface area contributed by atoms with Crippen LogP contribution in [0.2, 0.25) is 0 Å². The number of rotatable bonds is 8. The number of amides is 4. The molecule has 212 valence electrons. The number of likely N-dealkylation sites (tertiary alicyclic amines) is 1. The van der Waals surface area contributed by atoms with Crippen molar-refractivity contribution in [1.82, 2.24) is 15.5 Å². The number of halogens is 5. The third kappa shape index (κ3) is 6.69. The van der Waals surface area contributed by atoms with Crippen molar-refractivity contribution in [1.29, 1.82) is 0 Å². The number of hydrogen-bond donors (Lipinski definition) is 3. The fourth-order valence-electron chi connectivity index (χ4n) is 4.90. The lowest BCUT2D eigenvalue weighted by Crippen LogP contribution is -2.53. The highest BCUT2D eigenvalue weighted by atomic mass is 19.4. The molecular formula is C24H25F5N4O6.